The normalized spacial score (nSPS) is 19.5. The summed E-state index contributed by atoms with van der Waals surface area (Å²) < 4.78 is 5.45. The number of benzene rings is 1. The first-order valence-corrected chi connectivity index (χ1v) is 9.79. The largest absolute Gasteiger partial charge is 0.455 e. The summed E-state index contributed by atoms with van der Waals surface area (Å²) in [7, 11) is 0. The first kappa shape index (κ1) is 19.4. The van der Waals surface area contributed by atoms with Gasteiger partial charge < -0.3 is 15.0 Å². The Kier molecular flexibility index (Phi) is 6.14. The average Bonchev–Trinajstić information content (AvgIpc) is 3.19. The molecule has 146 valence electrons. The maximum Gasteiger partial charge on any atom is 0.317 e. The molecule has 0 unspecified atom stereocenters. The molecular formula is C21H28N2O4. The molecule has 2 fully saturated rings. The summed E-state index contributed by atoms with van der Waals surface area (Å²) >= 11 is 0. The molecule has 0 spiro atoms. The summed E-state index contributed by atoms with van der Waals surface area (Å²) in [4.78, 5) is 38.6. The predicted molar refractivity (Wildman–Crippen MR) is 101 cm³/mol. The van der Waals surface area contributed by atoms with Gasteiger partial charge in [-0.25, -0.2) is 0 Å². The molecule has 1 N–H and O–H groups in total. The second kappa shape index (κ2) is 8.55. The molecule has 0 atom stereocenters. The number of ether oxygens (including phenoxy) is 1. The van der Waals surface area contributed by atoms with Crippen molar-refractivity contribution < 1.29 is 19.1 Å². The molecule has 0 aromatic heterocycles. The molecule has 0 bridgehead atoms. The summed E-state index contributed by atoms with van der Waals surface area (Å²) in [5.74, 6) is -0.598. The Hall–Kier alpha value is -2.37. The molecular weight excluding hydrogens is 344 g/mol. The molecule has 0 radical (unpaired) electrons. The van der Waals surface area contributed by atoms with E-state index < -0.39 is 5.41 Å². The summed E-state index contributed by atoms with van der Waals surface area (Å²) in [6.07, 6.45) is 5.26. The molecule has 6 nitrogen and oxygen atoms in total. The second-order valence-electron chi connectivity index (χ2n) is 7.58. The van der Waals surface area contributed by atoms with Crippen LogP contribution in [-0.4, -0.2) is 48.4 Å². The van der Waals surface area contributed by atoms with Crippen LogP contribution in [0, 0.1) is 0 Å². The number of nitrogens with one attached hydrogen (secondary N) is 1. The SMILES string of the molecule is CC(=O)N1CCC(C(=O)OCC(=O)NC2CCCC2)(c2ccccc2)CC1. The zero-order chi connectivity index (χ0) is 19.3. The third kappa shape index (κ3) is 4.49. The highest BCUT2D eigenvalue weighted by atomic mass is 16.5. The van der Waals surface area contributed by atoms with Gasteiger partial charge in [-0.05, 0) is 31.2 Å². The number of amides is 2. The Morgan fingerprint density at radius 1 is 1.11 bits per heavy atom. The predicted octanol–water partition coefficient (Wildman–Crippen LogP) is 2.17. The zero-order valence-corrected chi connectivity index (χ0v) is 15.9. The number of carbonyl (C=O) groups is 3. The van der Waals surface area contributed by atoms with Crippen LogP contribution in [0.2, 0.25) is 0 Å². The van der Waals surface area contributed by atoms with Crippen LogP contribution < -0.4 is 5.32 Å². The van der Waals surface area contributed by atoms with E-state index in [0.717, 1.165) is 31.2 Å². The Bertz CT molecular complexity index is 675. The summed E-state index contributed by atoms with van der Waals surface area (Å²) in [6, 6.07) is 9.75. The highest BCUT2D eigenvalue weighted by Crippen LogP contribution is 2.37. The minimum Gasteiger partial charge on any atom is -0.455 e. The van der Waals surface area contributed by atoms with Gasteiger partial charge in [0.1, 0.15) is 0 Å². The van der Waals surface area contributed by atoms with E-state index in [1.165, 1.54) is 0 Å². The molecule has 2 amide bonds. The molecule has 1 heterocycles. The third-order valence-electron chi connectivity index (χ3n) is 5.83. The van der Waals surface area contributed by atoms with Gasteiger partial charge in [-0.3, -0.25) is 14.4 Å². The fourth-order valence-electron chi connectivity index (χ4n) is 4.18. The first-order chi connectivity index (χ1) is 13.0. The van der Waals surface area contributed by atoms with Crippen molar-refractivity contribution >= 4 is 17.8 Å². The van der Waals surface area contributed by atoms with Crippen LogP contribution in [0.5, 0.6) is 0 Å². The third-order valence-corrected chi connectivity index (χ3v) is 5.83. The van der Waals surface area contributed by atoms with Gasteiger partial charge in [0.2, 0.25) is 5.91 Å². The highest BCUT2D eigenvalue weighted by molar-refractivity contribution is 5.87. The van der Waals surface area contributed by atoms with Gasteiger partial charge in [0.15, 0.2) is 6.61 Å². The van der Waals surface area contributed by atoms with Crippen molar-refractivity contribution in [3.05, 3.63) is 35.9 Å². The lowest BCUT2D eigenvalue weighted by molar-refractivity contribution is -0.157. The maximum absolute atomic E-state index is 13.0. The Balaban J connectivity index is 1.66. The van der Waals surface area contributed by atoms with Crippen molar-refractivity contribution in [2.24, 2.45) is 0 Å². The lowest BCUT2D eigenvalue weighted by atomic mass is 9.72. The van der Waals surface area contributed by atoms with E-state index in [-0.39, 0.29) is 30.4 Å². The van der Waals surface area contributed by atoms with E-state index in [1.54, 1.807) is 11.8 Å². The number of hydrogen-bond acceptors (Lipinski definition) is 4. The average molecular weight is 372 g/mol. The standard InChI is InChI=1S/C21H28N2O4/c1-16(24)23-13-11-21(12-14-23,17-7-3-2-4-8-17)20(26)27-15-19(25)22-18-9-5-6-10-18/h2-4,7-8,18H,5-6,9-15H2,1H3,(H,22,25). The number of hydrogen-bond donors (Lipinski definition) is 1. The topological polar surface area (TPSA) is 75.7 Å². The molecule has 3 rings (SSSR count). The summed E-state index contributed by atoms with van der Waals surface area (Å²) in [5, 5.41) is 2.94. The lowest BCUT2D eigenvalue weighted by Crippen LogP contribution is -2.50. The minimum atomic E-state index is -0.805. The van der Waals surface area contributed by atoms with Gasteiger partial charge in [-0.15, -0.1) is 0 Å². The van der Waals surface area contributed by atoms with Gasteiger partial charge >= 0.3 is 5.97 Å². The lowest BCUT2D eigenvalue weighted by Gasteiger charge is -2.40. The number of esters is 1. The zero-order valence-electron chi connectivity index (χ0n) is 15.9. The van der Waals surface area contributed by atoms with E-state index in [4.69, 9.17) is 4.74 Å². The quantitative estimate of drug-likeness (QED) is 0.804. The second-order valence-corrected chi connectivity index (χ2v) is 7.58. The Morgan fingerprint density at radius 3 is 2.33 bits per heavy atom. The van der Waals surface area contributed by atoms with E-state index in [2.05, 4.69) is 5.32 Å². The molecule has 27 heavy (non-hydrogen) atoms. The molecule has 1 saturated heterocycles. The molecule has 1 saturated carbocycles. The Labute approximate surface area is 160 Å². The van der Waals surface area contributed by atoms with Crippen LogP contribution in [0.1, 0.15) is 51.0 Å². The van der Waals surface area contributed by atoms with Crippen molar-refractivity contribution in [1.29, 1.82) is 0 Å². The molecule has 1 aromatic rings. The number of piperidine rings is 1. The molecule has 1 aromatic carbocycles. The van der Waals surface area contributed by atoms with Crippen molar-refractivity contribution in [1.82, 2.24) is 10.2 Å². The molecule has 1 aliphatic heterocycles. The highest BCUT2D eigenvalue weighted by Gasteiger charge is 2.44. The van der Waals surface area contributed by atoms with Crippen LogP contribution in [0.4, 0.5) is 0 Å². The van der Waals surface area contributed by atoms with Crippen molar-refractivity contribution in [2.45, 2.75) is 56.9 Å². The minimum absolute atomic E-state index is 0.0148. The first-order valence-electron chi connectivity index (χ1n) is 9.79. The van der Waals surface area contributed by atoms with E-state index in [9.17, 15) is 14.4 Å². The maximum atomic E-state index is 13.0. The number of rotatable bonds is 5. The fourth-order valence-corrected chi connectivity index (χ4v) is 4.18. The number of likely N-dealkylation sites (tertiary alicyclic amines) is 1. The van der Waals surface area contributed by atoms with Crippen LogP contribution in [-0.2, 0) is 24.5 Å². The van der Waals surface area contributed by atoms with Gasteiger partial charge in [0.05, 0.1) is 5.41 Å². The molecule has 1 aliphatic carbocycles. The summed E-state index contributed by atoms with van der Waals surface area (Å²) in [5.41, 5.74) is 0.0790. The fraction of sp³-hybridized carbons (Fsp3) is 0.571. The van der Waals surface area contributed by atoms with Crippen LogP contribution in [0.15, 0.2) is 30.3 Å². The Morgan fingerprint density at radius 2 is 1.74 bits per heavy atom. The van der Waals surface area contributed by atoms with E-state index in [1.807, 2.05) is 30.3 Å². The molecule has 2 aliphatic rings. The van der Waals surface area contributed by atoms with Crippen molar-refractivity contribution in [3.63, 3.8) is 0 Å². The van der Waals surface area contributed by atoms with Crippen LogP contribution in [0.3, 0.4) is 0 Å². The number of carbonyl (C=O) groups excluding carboxylic acids is 3. The van der Waals surface area contributed by atoms with Gasteiger partial charge in [0, 0.05) is 26.1 Å². The monoisotopic (exact) mass is 372 g/mol. The van der Waals surface area contributed by atoms with E-state index in [0.29, 0.717) is 25.9 Å². The van der Waals surface area contributed by atoms with Gasteiger partial charge in [0.25, 0.3) is 5.91 Å². The van der Waals surface area contributed by atoms with Crippen LogP contribution >= 0.6 is 0 Å². The summed E-state index contributed by atoms with van der Waals surface area (Å²) in [6.45, 7) is 2.31. The molecule has 6 heteroatoms. The number of nitrogens with zero attached hydrogens (tertiary/aromatic N) is 1. The van der Waals surface area contributed by atoms with Crippen LogP contribution in [0.25, 0.3) is 0 Å². The van der Waals surface area contributed by atoms with Gasteiger partial charge in [-0.1, -0.05) is 43.2 Å². The van der Waals surface area contributed by atoms with Gasteiger partial charge in [-0.2, -0.15) is 0 Å². The smallest absolute Gasteiger partial charge is 0.317 e. The van der Waals surface area contributed by atoms with Crippen molar-refractivity contribution in [2.75, 3.05) is 19.7 Å². The van der Waals surface area contributed by atoms with E-state index >= 15 is 0 Å². The van der Waals surface area contributed by atoms with Crippen molar-refractivity contribution in [3.8, 4) is 0 Å².